The van der Waals surface area contributed by atoms with Crippen LogP contribution in [0.5, 0.6) is 0 Å². The molecule has 2 aromatic heterocycles. The Morgan fingerprint density at radius 2 is 1.77 bits per heavy atom. The van der Waals surface area contributed by atoms with Crippen molar-refractivity contribution in [1.29, 1.82) is 0 Å². The van der Waals surface area contributed by atoms with Crippen LogP contribution in [0.1, 0.15) is 16.1 Å². The Morgan fingerprint density at radius 3 is 2.36 bits per heavy atom. The summed E-state index contributed by atoms with van der Waals surface area (Å²) in [7, 11) is 3.65. The van der Waals surface area contributed by atoms with Gasteiger partial charge in [0.25, 0.3) is 0 Å². The number of hydrogen-bond donors (Lipinski definition) is 1. The predicted octanol–water partition coefficient (Wildman–Crippen LogP) is 2.55. The van der Waals surface area contributed by atoms with Gasteiger partial charge in [-0.15, -0.1) is 0 Å². The topological polar surface area (TPSA) is 64.2 Å². The fourth-order valence-electron chi connectivity index (χ4n) is 2.93. The van der Waals surface area contributed by atoms with Crippen LogP contribution < -0.4 is 5.43 Å². The van der Waals surface area contributed by atoms with E-state index in [9.17, 15) is 14.7 Å². The second-order valence-corrected chi connectivity index (χ2v) is 5.37. The van der Waals surface area contributed by atoms with Crippen molar-refractivity contribution in [3.8, 4) is 11.3 Å². The van der Waals surface area contributed by atoms with Gasteiger partial charge in [0, 0.05) is 31.5 Å². The number of hydrogen-bond acceptors (Lipinski definition) is 2. The summed E-state index contributed by atoms with van der Waals surface area (Å²) in [6, 6.07) is 9.76. The van der Waals surface area contributed by atoms with E-state index >= 15 is 0 Å². The molecule has 0 atom stereocenters. The monoisotopic (exact) mass is 296 g/mol. The molecule has 1 N–H and O–H groups in total. The first-order valence-corrected chi connectivity index (χ1v) is 6.90. The minimum Gasteiger partial charge on any atom is -0.477 e. The molecule has 5 nitrogen and oxygen atoms in total. The maximum absolute atomic E-state index is 12.5. The Labute approximate surface area is 127 Å². The Morgan fingerprint density at radius 1 is 1.14 bits per heavy atom. The summed E-state index contributed by atoms with van der Waals surface area (Å²) in [5.41, 5.74) is 2.77. The van der Waals surface area contributed by atoms with Gasteiger partial charge in [-0.05, 0) is 6.92 Å². The molecule has 2 heterocycles. The summed E-state index contributed by atoms with van der Waals surface area (Å²) < 4.78 is 3.66. The third-order valence-electron chi connectivity index (χ3n) is 4.09. The molecule has 22 heavy (non-hydrogen) atoms. The normalized spacial score (nSPS) is 11.0. The molecule has 1 aromatic carbocycles. The second-order valence-electron chi connectivity index (χ2n) is 5.37. The number of rotatable bonds is 2. The second kappa shape index (κ2) is 4.87. The van der Waals surface area contributed by atoms with E-state index in [1.807, 2.05) is 48.9 Å². The predicted molar refractivity (Wildman–Crippen MR) is 85.3 cm³/mol. The lowest BCUT2D eigenvalue weighted by Gasteiger charge is -2.08. The van der Waals surface area contributed by atoms with E-state index in [1.54, 1.807) is 11.6 Å². The van der Waals surface area contributed by atoms with Crippen LogP contribution in [0.25, 0.3) is 22.2 Å². The number of benzene rings is 1. The highest BCUT2D eigenvalue weighted by Crippen LogP contribution is 2.31. The quantitative estimate of drug-likeness (QED) is 0.790. The zero-order chi connectivity index (χ0) is 16.0. The number of carboxylic acid groups (broad SMARTS) is 1. The summed E-state index contributed by atoms with van der Waals surface area (Å²) in [5.74, 6) is -1.20. The van der Waals surface area contributed by atoms with Gasteiger partial charge in [0.05, 0.1) is 16.6 Å². The fraction of sp³-hybridized carbons (Fsp3) is 0.176. The number of carboxylic acids is 1. The Bertz CT molecular complexity index is 950. The number of aromatic carboxylic acids is 1. The lowest BCUT2D eigenvalue weighted by Crippen LogP contribution is -2.17. The molecule has 0 radical (unpaired) electrons. The van der Waals surface area contributed by atoms with Crippen LogP contribution in [-0.2, 0) is 14.1 Å². The average molecular weight is 296 g/mol. The molecule has 112 valence electrons. The molecule has 0 saturated heterocycles. The molecule has 0 amide bonds. The summed E-state index contributed by atoms with van der Waals surface area (Å²) >= 11 is 0. The van der Waals surface area contributed by atoms with E-state index in [2.05, 4.69) is 0 Å². The number of nitrogens with zero attached hydrogens (tertiary/aromatic N) is 2. The first-order chi connectivity index (χ1) is 10.4. The summed E-state index contributed by atoms with van der Waals surface area (Å²) in [5, 5.41) is 9.68. The van der Waals surface area contributed by atoms with Gasteiger partial charge in [-0.25, -0.2) is 4.79 Å². The third kappa shape index (κ3) is 1.86. The molecule has 3 rings (SSSR count). The zero-order valence-electron chi connectivity index (χ0n) is 12.6. The SMILES string of the molecule is Cc1c2c(=O)c(C(=O)O)cn(C)c2c(-c2ccccc2)n1C. The van der Waals surface area contributed by atoms with Gasteiger partial charge < -0.3 is 14.2 Å². The first-order valence-electron chi connectivity index (χ1n) is 6.90. The van der Waals surface area contributed by atoms with Crippen molar-refractivity contribution in [2.45, 2.75) is 6.92 Å². The largest absolute Gasteiger partial charge is 0.477 e. The molecule has 0 fully saturated rings. The Balaban J connectivity index is 2.52. The highest BCUT2D eigenvalue weighted by atomic mass is 16.4. The van der Waals surface area contributed by atoms with Crippen LogP contribution in [0.15, 0.2) is 41.3 Å². The number of aromatic nitrogens is 2. The van der Waals surface area contributed by atoms with Crippen LogP contribution in [0.2, 0.25) is 0 Å². The highest BCUT2D eigenvalue weighted by Gasteiger charge is 2.21. The minimum atomic E-state index is -1.20. The van der Waals surface area contributed by atoms with Crippen LogP contribution in [0, 0.1) is 6.92 Å². The standard InChI is InChI=1S/C17H16N2O3/c1-10-13-15(18(2)9-12(16(13)20)17(21)22)14(19(10)3)11-7-5-4-6-8-11/h4-9H,1-3H3,(H,21,22). The third-order valence-corrected chi connectivity index (χ3v) is 4.09. The van der Waals surface area contributed by atoms with Crippen molar-refractivity contribution in [3.05, 3.63) is 58.0 Å². The van der Waals surface area contributed by atoms with Gasteiger partial charge in [0.2, 0.25) is 5.43 Å². The molecule has 0 spiro atoms. The minimum absolute atomic E-state index is 0.205. The van der Waals surface area contributed by atoms with E-state index in [0.29, 0.717) is 5.39 Å². The molecular weight excluding hydrogens is 280 g/mol. The molecule has 0 unspecified atom stereocenters. The molecule has 0 bridgehead atoms. The molecule has 5 heteroatoms. The number of carbonyl (C=O) groups is 1. The van der Waals surface area contributed by atoms with Crippen molar-refractivity contribution in [2.24, 2.45) is 14.1 Å². The highest BCUT2D eigenvalue weighted by molar-refractivity contribution is 5.99. The van der Waals surface area contributed by atoms with Crippen LogP contribution in [-0.4, -0.2) is 20.2 Å². The van der Waals surface area contributed by atoms with Crippen molar-refractivity contribution in [2.75, 3.05) is 0 Å². The zero-order valence-corrected chi connectivity index (χ0v) is 12.6. The number of fused-ring (bicyclic) bond motifs is 1. The molecule has 3 aromatic rings. The molecule has 0 saturated carbocycles. The fourth-order valence-corrected chi connectivity index (χ4v) is 2.93. The van der Waals surface area contributed by atoms with Gasteiger partial charge in [0.15, 0.2) is 0 Å². The Kier molecular flexibility index (Phi) is 3.13. The van der Waals surface area contributed by atoms with Crippen molar-refractivity contribution >= 4 is 16.9 Å². The smallest absolute Gasteiger partial charge is 0.341 e. The summed E-state index contributed by atoms with van der Waals surface area (Å²) in [6.07, 6.45) is 1.39. The maximum atomic E-state index is 12.5. The van der Waals surface area contributed by atoms with Gasteiger partial charge in [-0.1, -0.05) is 30.3 Å². The molecule has 0 aliphatic rings. The number of pyridine rings is 1. The average Bonchev–Trinajstić information content (AvgIpc) is 2.76. The first kappa shape index (κ1) is 14.1. The van der Waals surface area contributed by atoms with Crippen LogP contribution in [0.3, 0.4) is 0 Å². The van der Waals surface area contributed by atoms with E-state index in [0.717, 1.165) is 22.5 Å². The molecule has 0 aliphatic heterocycles. The van der Waals surface area contributed by atoms with Crippen LogP contribution in [0.4, 0.5) is 0 Å². The van der Waals surface area contributed by atoms with Gasteiger partial charge in [-0.2, -0.15) is 0 Å². The van der Waals surface area contributed by atoms with Crippen LogP contribution >= 0.6 is 0 Å². The molecule has 0 aliphatic carbocycles. The lowest BCUT2D eigenvalue weighted by molar-refractivity contribution is 0.0695. The number of aryl methyl sites for hydroxylation is 2. The van der Waals surface area contributed by atoms with Gasteiger partial charge in [0.1, 0.15) is 5.56 Å². The van der Waals surface area contributed by atoms with Crippen molar-refractivity contribution in [3.63, 3.8) is 0 Å². The van der Waals surface area contributed by atoms with Crippen molar-refractivity contribution in [1.82, 2.24) is 9.13 Å². The van der Waals surface area contributed by atoms with E-state index in [4.69, 9.17) is 0 Å². The van der Waals surface area contributed by atoms with E-state index in [-0.39, 0.29) is 5.56 Å². The van der Waals surface area contributed by atoms with Gasteiger partial charge >= 0.3 is 5.97 Å². The van der Waals surface area contributed by atoms with E-state index < -0.39 is 11.4 Å². The van der Waals surface area contributed by atoms with E-state index in [1.165, 1.54) is 6.20 Å². The van der Waals surface area contributed by atoms with Crippen molar-refractivity contribution < 1.29 is 9.90 Å². The summed E-state index contributed by atoms with van der Waals surface area (Å²) in [6.45, 7) is 1.84. The Hall–Kier alpha value is -2.82. The maximum Gasteiger partial charge on any atom is 0.341 e. The summed E-state index contributed by atoms with van der Waals surface area (Å²) in [4.78, 5) is 23.8. The van der Waals surface area contributed by atoms with Gasteiger partial charge in [-0.3, -0.25) is 4.79 Å². The molecular formula is C17H16N2O3. The lowest BCUT2D eigenvalue weighted by atomic mass is 10.1.